The van der Waals surface area contributed by atoms with Crippen LogP contribution in [0.15, 0.2) is 72.8 Å². The van der Waals surface area contributed by atoms with E-state index in [9.17, 15) is 18.0 Å². The molecule has 0 bridgehead atoms. The van der Waals surface area contributed by atoms with Gasteiger partial charge in [-0.1, -0.05) is 65.9 Å². The van der Waals surface area contributed by atoms with Crippen molar-refractivity contribution in [1.29, 1.82) is 0 Å². The fraction of sp³-hybridized carbons (Fsp3) is 0.0455. The van der Waals surface area contributed by atoms with Crippen molar-refractivity contribution < 1.29 is 18.0 Å². The second-order valence-electron chi connectivity index (χ2n) is 6.63. The van der Waals surface area contributed by atoms with Gasteiger partial charge in [-0.3, -0.25) is 15.4 Å². The molecule has 1 aromatic heterocycles. The van der Waals surface area contributed by atoms with Crippen LogP contribution in [0.4, 0.5) is 9.93 Å². The number of nitrogens with zero attached hydrogens (tertiary/aromatic N) is 1. The van der Waals surface area contributed by atoms with Gasteiger partial charge in [0.2, 0.25) is 0 Å². The van der Waals surface area contributed by atoms with Gasteiger partial charge in [-0.15, -0.1) is 0 Å². The van der Waals surface area contributed by atoms with Gasteiger partial charge in [-0.05, 0) is 34.9 Å². The van der Waals surface area contributed by atoms with E-state index in [2.05, 4.69) is 15.6 Å². The zero-order chi connectivity index (χ0) is 21.8. The number of aromatic nitrogens is 1. The summed E-state index contributed by atoms with van der Waals surface area (Å²) < 4.78 is 22.6. The van der Waals surface area contributed by atoms with E-state index in [4.69, 9.17) is 0 Å². The number of hydrogen-bond donors (Lipinski definition) is 3. The highest BCUT2D eigenvalue weighted by molar-refractivity contribution is 7.71. The largest absolute Gasteiger partial charge is 0.327 e. The van der Waals surface area contributed by atoms with Crippen molar-refractivity contribution in [2.75, 3.05) is 5.32 Å². The third-order valence-corrected chi connectivity index (χ3v) is 6.03. The van der Waals surface area contributed by atoms with Gasteiger partial charge >= 0.3 is 6.03 Å². The SMILES string of the molecule is O=C(NC(=O)c1ccccc1-c1ccccc1)Nc1nc2ccc(C[SH](=O)=O)cc2s1. The molecule has 4 rings (SSSR count). The number of amides is 3. The normalized spacial score (nSPS) is 10.9. The number of hydrogen-bond acceptors (Lipinski definition) is 6. The van der Waals surface area contributed by atoms with Crippen molar-refractivity contribution in [2.45, 2.75) is 5.75 Å². The molecule has 0 fully saturated rings. The average Bonchev–Trinajstić information content (AvgIpc) is 3.15. The number of fused-ring (bicyclic) bond motifs is 1. The van der Waals surface area contributed by atoms with Crippen LogP contribution in [0.1, 0.15) is 15.9 Å². The molecule has 0 aliphatic rings. The van der Waals surface area contributed by atoms with E-state index in [-0.39, 0.29) is 5.75 Å². The fourth-order valence-corrected chi connectivity index (χ4v) is 4.54. The summed E-state index contributed by atoms with van der Waals surface area (Å²) in [6, 6.07) is 20.9. The Morgan fingerprint density at radius 3 is 2.45 bits per heavy atom. The lowest BCUT2D eigenvalue weighted by molar-refractivity contribution is 0.0967. The molecule has 0 unspecified atom stereocenters. The Bertz CT molecular complexity index is 1340. The molecule has 9 heteroatoms. The minimum atomic E-state index is -2.52. The van der Waals surface area contributed by atoms with Gasteiger partial charge in [0.25, 0.3) is 5.91 Å². The maximum absolute atomic E-state index is 12.7. The van der Waals surface area contributed by atoms with Gasteiger partial charge in [0.15, 0.2) is 5.13 Å². The highest BCUT2D eigenvalue weighted by Gasteiger charge is 2.16. The highest BCUT2D eigenvalue weighted by Crippen LogP contribution is 2.27. The Hall–Kier alpha value is -3.56. The van der Waals surface area contributed by atoms with Crippen LogP contribution in [0.3, 0.4) is 0 Å². The Kier molecular flexibility index (Phi) is 6.06. The van der Waals surface area contributed by atoms with Crippen molar-refractivity contribution in [1.82, 2.24) is 10.3 Å². The number of benzene rings is 3. The molecule has 0 radical (unpaired) electrons. The Morgan fingerprint density at radius 1 is 0.935 bits per heavy atom. The van der Waals surface area contributed by atoms with Crippen LogP contribution < -0.4 is 10.6 Å². The molecular formula is C22H17N3O4S2. The van der Waals surface area contributed by atoms with Crippen molar-refractivity contribution in [3.8, 4) is 11.1 Å². The Morgan fingerprint density at radius 2 is 1.68 bits per heavy atom. The first-order valence-electron chi connectivity index (χ1n) is 9.27. The molecule has 0 aliphatic carbocycles. The summed E-state index contributed by atoms with van der Waals surface area (Å²) in [6.45, 7) is 0. The van der Waals surface area contributed by atoms with Gasteiger partial charge in [0.1, 0.15) is 10.7 Å². The number of nitrogens with one attached hydrogen (secondary N) is 2. The molecule has 3 amide bonds. The molecule has 0 aliphatic heterocycles. The third-order valence-electron chi connectivity index (χ3n) is 4.47. The standard InChI is InChI=1S/C22H17N3O4S2/c26-20(17-9-5-4-8-16(17)15-6-2-1-3-7-15)24-21(27)25-22-23-18-11-10-14(13-31(28)29)12-19(18)30-22/h1-12,31H,13H2,(H2,23,24,25,26,27). The molecule has 0 spiro atoms. The van der Waals surface area contributed by atoms with Gasteiger partial charge in [0.05, 0.1) is 16.0 Å². The zero-order valence-electron chi connectivity index (χ0n) is 16.1. The van der Waals surface area contributed by atoms with E-state index in [1.165, 1.54) is 11.3 Å². The summed E-state index contributed by atoms with van der Waals surface area (Å²) >= 11 is 1.20. The molecular weight excluding hydrogens is 434 g/mol. The average molecular weight is 452 g/mol. The number of carbonyl (C=O) groups is 2. The van der Waals surface area contributed by atoms with Crippen molar-refractivity contribution in [3.05, 3.63) is 83.9 Å². The summed E-state index contributed by atoms with van der Waals surface area (Å²) in [5, 5.41) is 5.21. The van der Waals surface area contributed by atoms with E-state index in [0.717, 1.165) is 15.8 Å². The van der Waals surface area contributed by atoms with Gasteiger partial charge < -0.3 is 0 Å². The number of urea groups is 1. The highest BCUT2D eigenvalue weighted by atomic mass is 32.2. The van der Waals surface area contributed by atoms with E-state index in [1.807, 2.05) is 42.5 Å². The molecule has 0 saturated carbocycles. The summed E-state index contributed by atoms with van der Waals surface area (Å²) in [5.74, 6) is -0.582. The lowest BCUT2D eigenvalue weighted by Crippen LogP contribution is -2.34. The summed E-state index contributed by atoms with van der Waals surface area (Å²) in [5.41, 5.74) is 3.25. The molecule has 1 heterocycles. The summed E-state index contributed by atoms with van der Waals surface area (Å²) in [4.78, 5) is 29.4. The summed E-state index contributed by atoms with van der Waals surface area (Å²) in [7, 11) is -2.52. The number of anilines is 1. The Balaban J connectivity index is 1.49. The van der Waals surface area contributed by atoms with Gasteiger partial charge in [0, 0.05) is 5.56 Å². The predicted octanol–water partition coefficient (Wildman–Crippen LogP) is 4.04. The minimum Gasteiger partial charge on any atom is -0.283 e. The van der Waals surface area contributed by atoms with E-state index in [0.29, 0.717) is 21.8 Å². The summed E-state index contributed by atoms with van der Waals surface area (Å²) in [6.07, 6.45) is 0. The monoisotopic (exact) mass is 451 g/mol. The number of imide groups is 1. The number of thiol groups is 1. The molecule has 2 N–H and O–H groups in total. The van der Waals surface area contributed by atoms with Gasteiger partial charge in [-0.2, -0.15) is 0 Å². The number of rotatable bonds is 5. The predicted molar refractivity (Wildman–Crippen MR) is 122 cm³/mol. The second kappa shape index (κ2) is 9.07. The van der Waals surface area contributed by atoms with Crippen LogP contribution in [0, 0.1) is 0 Å². The topological polar surface area (TPSA) is 105 Å². The van der Waals surface area contributed by atoms with E-state index in [1.54, 1.807) is 30.3 Å². The molecule has 0 atom stereocenters. The smallest absolute Gasteiger partial charge is 0.283 e. The van der Waals surface area contributed by atoms with Crippen LogP contribution in [0.25, 0.3) is 21.3 Å². The van der Waals surface area contributed by atoms with Crippen LogP contribution in [-0.4, -0.2) is 25.3 Å². The van der Waals surface area contributed by atoms with Crippen molar-refractivity contribution in [3.63, 3.8) is 0 Å². The lowest BCUT2D eigenvalue weighted by Gasteiger charge is -2.09. The third kappa shape index (κ3) is 4.96. The van der Waals surface area contributed by atoms with Crippen LogP contribution >= 0.6 is 11.3 Å². The van der Waals surface area contributed by atoms with Crippen molar-refractivity contribution in [2.24, 2.45) is 0 Å². The van der Waals surface area contributed by atoms with Crippen LogP contribution in [0.5, 0.6) is 0 Å². The molecule has 0 saturated heterocycles. The van der Waals surface area contributed by atoms with Gasteiger partial charge in [-0.25, -0.2) is 18.2 Å². The van der Waals surface area contributed by atoms with Crippen LogP contribution in [-0.2, 0) is 16.5 Å². The zero-order valence-corrected chi connectivity index (χ0v) is 17.8. The lowest BCUT2D eigenvalue weighted by atomic mass is 9.99. The van der Waals surface area contributed by atoms with E-state index < -0.39 is 22.6 Å². The Labute approximate surface area is 183 Å². The number of thiazole rings is 1. The van der Waals surface area contributed by atoms with Crippen LogP contribution in [0.2, 0.25) is 0 Å². The first-order chi connectivity index (χ1) is 15.0. The fourth-order valence-electron chi connectivity index (χ4n) is 3.12. The molecule has 31 heavy (non-hydrogen) atoms. The minimum absolute atomic E-state index is 0.0538. The first kappa shape index (κ1) is 20.7. The first-order valence-corrected chi connectivity index (χ1v) is 11.5. The second-order valence-corrected chi connectivity index (χ2v) is 8.64. The maximum Gasteiger partial charge on any atom is 0.327 e. The molecule has 156 valence electrons. The van der Waals surface area contributed by atoms with Crippen molar-refractivity contribution >= 4 is 49.3 Å². The molecule has 7 nitrogen and oxygen atoms in total. The molecule has 3 aromatic carbocycles. The quantitative estimate of drug-likeness (QED) is 0.397. The van der Waals surface area contributed by atoms with E-state index >= 15 is 0 Å². The molecule has 4 aromatic rings. The maximum atomic E-state index is 12.7. The number of carbonyl (C=O) groups excluding carboxylic acids is 2.